The Morgan fingerprint density at radius 3 is 2.50 bits per heavy atom. The first-order valence-electron chi connectivity index (χ1n) is 6.58. The van der Waals surface area contributed by atoms with Crippen LogP contribution < -0.4 is 5.73 Å². The van der Waals surface area contributed by atoms with Gasteiger partial charge in [0.05, 0.1) is 0 Å². The van der Waals surface area contributed by atoms with Crippen LogP contribution in [0.25, 0.3) is 0 Å². The summed E-state index contributed by atoms with van der Waals surface area (Å²) in [5.41, 5.74) is 6.50. The summed E-state index contributed by atoms with van der Waals surface area (Å²) in [7, 11) is 0. The second-order valence-corrected chi connectivity index (χ2v) is 4.76. The van der Waals surface area contributed by atoms with Gasteiger partial charge in [0.15, 0.2) is 0 Å². The quantitative estimate of drug-likeness (QED) is 0.756. The molecule has 18 heavy (non-hydrogen) atoms. The number of benzene rings is 1. The summed E-state index contributed by atoms with van der Waals surface area (Å²) < 4.78 is 5.39. The summed E-state index contributed by atoms with van der Waals surface area (Å²) in [5.74, 6) is 0.352. The molecule has 0 aliphatic carbocycles. The van der Waals surface area contributed by atoms with Crippen LogP contribution in [0, 0.1) is 5.92 Å². The maximum absolute atomic E-state index is 11.7. The van der Waals surface area contributed by atoms with Gasteiger partial charge < -0.3 is 10.5 Å². The summed E-state index contributed by atoms with van der Waals surface area (Å²) in [5, 5.41) is 0. The van der Waals surface area contributed by atoms with E-state index in [1.54, 1.807) is 0 Å². The van der Waals surface area contributed by atoms with E-state index >= 15 is 0 Å². The van der Waals surface area contributed by atoms with Gasteiger partial charge >= 0.3 is 5.97 Å². The fraction of sp³-hybridized carbons (Fsp3) is 0.533. The van der Waals surface area contributed by atoms with Crippen LogP contribution in [0.15, 0.2) is 30.3 Å². The van der Waals surface area contributed by atoms with Gasteiger partial charge in [-0.05, 0) is 37.8 Å². The molecule has 0 saturated heterocycles. The van der Waals surface area contributed by atoms with Crippen LogP contribution in [0.4, 0.5) is 0 Å². The van der Waals surface area contributed by atoms with Crippen LogP contribution in [0.5, 0.6) is 0 Å². The van der Waals surface area contributed by atoms with Crippen LogP contribution in [-0.4, -0.2) is 12.5 Å². The van der Waals surface area contributed by atoms with Crippen LogP contribution in [0.1, 0.15) is 44.8 Å². The zero-order valence-corrected chi connectivity index (χ0v) is 11.3. The topological polar surface area (TPSA) is 52.3 Å². The van der Waals surface area contributed by atoms with Gasteiger partial charge in [-0.25, -0.2) is 0 Å². The number of nitrogens with two attached hydrogens (primary N) is 1. The molecule has 3 nitrogen and oxygen atoms in total. The number of rotatable bonds is 7. The Labute approximate surface area is 109 Å². The molecule has 0 spiro atoms. The van der Waals surface area contributed by atoms with Crippen molar-refractivity contribution in [2.75, 3.05) is 6.54 Å². The molecule has 0 aliphatic heterocycles. The number of carbonyl (C=O) groups excluding carboxylic acids is 1. The Hall–Kier alpha value is -1.35. The Bertz CT molecular complexity index is 351. The second kappa shape index (κ2) is 7.88. The molecule has 0 aliphatic rings. The zero-order valence-electron chi connectivity index (χ0n) is 11.3. The van der Waals surface area contributed by atoms with E-state index in [-0.39, 0.29) is 12.1 Å². The Morgan fingerprint density at radius 2 is 1.89 bits per heavy atom. The monoisotopic (exact) mass is 249 g/mol. The van der Waals surface area contributed by atoms with Crippen molar-refractivity contribution in [2.45, 2.75) is 39.2 Å². The number of hydrogen-bond donors (Lipinski definition) is 1. The summed E-state index contributed by atoms with van der Waals surface area (Å²) >= 11 is 0. The highest BCUT2D eigenvalue weighted by atomic mass is 16.5. The first kappa shape index (κ1) is 14.7. The number of hydrogen-bond acceptors (Lipinski definition) is 3. The van der Waals surface area contributed by atoms with E-state index in [0.29, 0.717) is 18.9 Å². The van der Waals surface area contributed by atoms with Crippen LogP contribution in [-0.2, 0) is 9.53 Å². The van der Waals surface area contributed by atoms with Gasteiger partial charge in [-0.2, -0.15) is 0 Å². The average molecular weight is 249 g/mol. The third-order valence-corrected chi connectivity index (χ3v) is 3.08. The molecule has 0 fully saturated rings. The highest BCUT2D eigenvalue weighted by molar-refractivity contribution is 5.69. The largest absolute Gasteiger partial charge is 0.458 e. The third kappa shape index (κ3) is 5.32. The van der Waals surface area contributed by atoms with Crippen LogP contribution in [0.2, 0.25) is 0 Å². The van der Waals surface area contributed by atoms with E-state index in [9.17, 15) is 4.79 Å². The van der Waals surface area contributed by atoms with Gasteiger partial charge in [-0.1, -0.05) is 37.3 Å². The van der Waals surface area contributed by atoms with E-state index in [1.807, 2.05) is 37.3 Å². The maximum atomic E-state index is 11.7. The molecule has 1 aromatic carbocycles. The molecule has 0 saturated carbocycles. The molecule has 0 amide bonds. The molecule has 2 unspecified atom stereocenters. The molecule has 0 radical (unpaired) electrons. The molecule has 2 atom stereocenters. The standard InChI is InChI=1S/C15H23NO2/c1-12(10-11-16)8-9-15(17)18-13(2)14-6-4-3-5-7-14/h3-7,12-13H,8-11,16H2,1-2H3. The zero-order chi connectivity index (χ0) is 13.4. The van der Waals surface area contributed by atoms with Gasteiger partial charge in [0.2, 0.25) is 0 Å². The van der Waals surface area contributed by atoms with Crippen molar-refractivity contribution in [2.24, 2.45) is 11.7 Å². The van der Waals surface area contributed by atoms with Crippen molar-refractivity contribution < 1.29 is 9.53 Å². The minimum Gasteiger partial charge on any atom is -0.458 e. The molecule has 100 valence electrons. The normalized spacial score (nSPS) is 13.9. The molecular weight excluding hydrogens is 226 g/mol. The summed E-state index contributed by atoms with van der Waals surface area (Å²) in [6.07, 6.45) is 2.10. The first-order valence-corrected chi connectivity index (χ1v) is 6.58. The predicted octanol–water partition coefficient (Wildman–Crippen LogP) is 3.06. The van der Waals surface area contributed by atoms with Gasteiger partial charge in [0.1, 0.15) is 6.10 Å². The lowest BCUT2D eigenvalue weighted by Crippen LogP contribution is -2.11. The number of esters is 1. The third-order valence-electron chi connectivity index (χ3n) is 3.08. The minimum absolute atomic E-state index is 0.129. The fourth-order valence-corrected chi connectivity index (χ4v) is 1.84. The maximum Gasteiger partial charge on any atom is 0.306 e. The van der Waals surface area contributed by atoms with Gasteiger partial charge in [-0.3, -0.25) is 4.79 Å². The molecule has 1 aromatic rings. The van der Waals surface area contributed by atoms with E-state index in [4.69, 9.17) is 10.5 Å². The number of carbonyl (C=O) groups is 1. The fourth-order valence-electron chi connectivity index (χ4n) is 1.84. The van der Waals surface area contributed by atoms with Crippen molar-refractivity contribution >= 4 is 5.97 Å². The molecular formula is C15H23NO2. The lowest BCUT2D eigenvalue weighted by molar-refractivity contribution is -0.148. The smallest absolute Gasteiger partial charge is 0.306 e. The summed E-state index contributed by atoms with van der Waals surface area (Å²) in [6.45, 7) is 4.69. The predicted molar refractivity (Wildman–Crippen MR) is 73.0 cm³/mol. The van der Waals surface area contributed by atoms with Gasteiger partial charge in [0, 0.05) is 6.42 Å². The van der Waals surface area contributed by atoms with Crippen molar-refractivity contribution in [1.82, 2.24) is 0 Å². The van der Waals surface area contributed by atoms with Gasteiger partial charge in [0.25, 0.3) is 0 Å². The summed E-state index contributed by atoms with van der Waals surface area (Å²) in [4.78, 5) is 11.7. The molecule has 3 heteroatoms. The first-order chi connectivity index (χ1) is 8.63. The molecule has 0 aromatic heterocycles. The summed E-state index contributed by atoms with van der Waals surface area (Å²) in [6, 6.07) is 9.78. The van der Waals surface area contributed by atoms with Crippen LogP contribution in [0.3, 0.4) is 0 Å². The van der Waals surface area contributed by atoms with Crippen molar-refractivity contribution in [3.63, 3.8) is 0 Å². The van der Waals surface area contributed by atoms with Crippen LogP contribution >= 0.6 is 0 Å². The average Bonchev–Trinajstić information content (AvgIpc) is 2.38. The number of ether oxygens (including phenoxy) is 1. The van der Waals surface area contributed by atoms with Crippen molar-refractivity contribution in [3.05, 3.63) is 35.9 Å². The molecule has 0 bridgehead atoms. The Balaban J connectivity index is 2.32. The minimum atomic E-state index is -0.177. The van der Waals surface area contributed by atoms with Crippen molar-refractivity contribution in [3.8, 4) is 0 Å². The Morgan fingerprint density at radius 1 is 1.22 bits per heavy atom. The van der Waals surface area contributed by atoms with E-state index in [1.165, 1.54) is 0 Å². The molecule has 0 heterocycles. The van der Waals surface area contributed by atoms with Gasteiger partial charge in [-0.15, -0.1) is 0 Å². The lowest BCUT2D eigenvalue weighted by Gasteiger charge is -2.14. The molecule has 1 rings (SSSR count). The highest BCUT2D eigenvalue weighted by Crippen LogP contribution is 2.18. The van der Waals surface area contributed by atoms with E-state index in [0.717, 1.165) is 18.4 Å². The Kier molecular flexibility index (Phi) is 6.44. The lowest BCUT2D eigenvalue weighted by atomic mass is 10.0. The highest BCUT2D eigenvalue weighted by Gasteiger charge is 2.12. The SMILES string of the molecule is CC(CCN)CCC(=O)OC(C)c1ccccc1. The van der Waals surface area contributed by atoms with E-state index < -0.39 is 0 Å². The molecule has 2 N–H and O–H groups in total. The van der Waals surface area contributed by atoms with Crippen molar-refractivity contribution in [1.29, 1.82) is 0 Å². The van der Waals surface area contributed by atoms with E-state index in [2.05, 4.69) is 6.92 Å². The second-order valence-electron chi connectivity index (χ2n) is 4.76.